The Morgan fingerprint density at radius 1 is 1.50 bits per heavy atom. The lowest BCUT2D eigenvalue weighted by Gasteiger charge is -2.16. The predicted octanol–water partition coefficient (Wildman–Crippen LogP) is 3.24. The third-order valence-corrected chi connectivity index (χ3v) is 3.19. The Bertz CT molecular complexity index is 582. The Labute approximate surface area is 121 Å². The number of anilines is 1. The Kier molecular flexibility index (Phi) is 4.57. The molecule has 0 spiro atoms. The Morgan fingerprint density at radius 2 is 2.30 bits per heavy atom. The first-order valence-electron chi connectivity index (χ1n) is 6.22. The lowest BCUT2D eigenvalue weighted by Crippen LogP contribution is -2.09. The smallest absolute Gasteiger partial charge is 0.335 e. The van der Waals surface area contributed by atoms with Crippen molar-refractivity contribution in [2.45, 2.75) is 26.5 Å². The van der Waals surface area contributed by atoms with Gasteiger partial charge in [-0.3, -0.25) is 0 Å². The van der Waals surface area contributed by atoms with Crippen molar-refractivity contribution in [2.75, 3.05) is 5.32 Å². The third kappa shape index (κ3) is 3.71. The van der Waals surface area contributed by atoms with Crippen LogP contribution in [0.1, 0.15) is 29.8 Å². The second-order valence-corrected chi connectivity index (χ2v) is 5.23. The standard InChI is InChI=1S/C14H16N2O3S/c1-9(2)19-13-4-3-11(14(17)18)5-12(13)15-6-10-7-16-20-8-10/h3-5,7-9,15H,6H2,1-2H3,(H,17,18). The van der Waals surface area contributed by atoms with Crippen molar-refractivity contribution in [3.05, 3.63) is 40.9 Å². The van der Waals surface area contributed by atoms with Gasteiger partial charge in [0.2, 0.25) is 0 Å². The topological polar surface area (TPSA) is 71.5 Å². The monoisotopic (exact) mass is 292 g/mol. The van der Waals surface area contributed by atoms with Gasteiger partial charge >= 0.3 is 5.97 Å². The number of carbonyl (C=O) groups is 1. The molecule has 20 heavy (non-hydrogen) atoms. The van der Waals surface area contributed by atoms with Gasteiger partial charge in [-0.25, -0.2) is 9.17 Å². The fraction of sp³-hybridized carbons (Fsp3) is 0.286. The van der Waals surface area contributed by atoms with Gasteiger partial charge < -0.3 is 15.2 Å². The van der Waals surface area contributed by atoms with Crippen LogP contribution in [-0.2, 0) is 6.54 Å². The molecule has 0 saturated heterocycles. The fourth-order valence-corrected chi connectivity index (χ4v) is 2.21. The molecule has 0 unspecified atom stereocenters. The molecule has 0 bridgehead atoms. The average molecular weight is 292 g/mol. The molecule has 2 N–H and O–H groups in total. The van der Waals surface area contributed by atoms with Crippen LogP contribution >= 0.6 is 11.5 Å². The Balaban J connectivity index is 2.21. The van der Waals surface area contributed by atoms with E-state index in [0.717, 1.165) is 5.56 Å². The van der Waals surface area contributed by atoms with Crippen LogP contribution in [0.2, 0.25) is 0 Å². The van der Waals surface area contributed by atoms with Gasteiger partial charge in [0.05, 0.1) is 17.4 Å². The largest absolute Gasteiger partial charge is 0.489 e. The van der Waals surface area contributed by atoms with E-state index in [0.29, 0.717) is 18.0 Å². The molecule has 1 aromatic carbocycles. The summed E-state index contributed by atoms with van der Waals surface area (Å²) in [6.45, 7) is 4.43. The lowest BCUT2D eigenvalue weighted by atomic mass is 10.2. The molecule has 0 amide bonds. The van der Waals surface area contributed by atoms with Crippen molar-refractivity contribution in [2.24, 2.45) is 0 Å². The second kappa shape index (κ2) is 6.38. The normalized spacial score (nSPS) is 10.6. The van der Waals surface area contributed by atoms with Gasteiger partial charge in [-0.05, 0) is 43.6 Å². The van der Waals surface area contributed by atoms with E-state index in [1.54, 1.807) is 18.3 Å². The molecule has 5 nitrogen and oxygen atoms in total. The summed E-state index contributed by atoms with van der Waals surface area (Å²) in [5, 5.41) is 14.2. The number of hydrogen-bond acceptors (Lipinski definition) is 5. The number of carboxylic acid groups (broad SMARTS) is 1. The highest BCUT2D eigenvalue weighted by molar-refractivity contribution is 7.03. The van der Waals surface area contributed by atoms with E-state index in [-0.39, 0.29) is 11.7 Å². The minimum Gasteiger partial charge on any atom is -0.489 e. The van der Waals surface area contributed by atoms with Crippen molar-refractivity contribution >= 4 is 23.2 Å². The van der Waals surface area contributed by atoms with E-state index in [1.807, 2.05) is 19.2 Å². The number of carboxylic acids is 1. The van der Waals surface area contributed by atoms with E-state index in [1.165, 1.54) is 17.6 Å². The van der Waals surface area contributed by atoms with E-state index < -0.39 is 5.97 Å². The maximum atomic E-state index is 11.0. The van der Waals surface area contributed by atoms with Crippen LogP contribution in [-0.4, -0.2) is 21.6 Å². The molecule has 6 heteroatoms. The number of benzene rings is 1. The van der Waals surface area contributed by atoms with Gasteiger partial charge in [0.15, 0.2) is 0 Å². The summed E-state index contributed by atoms with van der Waals surface area (Å²) in [5.41, 5.74) is 1.95. The number of rotatable bonds is 6. The number of aromatic nitrogens is 1. The Hall–Kier alpha value is -2.08. The van der Waals surface area contributed by atoms with Crippen LogP contribution in [0.4, 0.5) is 5.69 Å². The third-order valence-electron chi connectivity index (χ3n) is 2.56. The molecule has 0 aliphatic carbocycles. The first-order valence-corrected chi connectivity index (χ1v) is 7.06. The lowest BCUT2D eigenvalue weighted by molar-refractivity contribution is 0.0697. The summed E-state index contributed by atoms with van der Waals surface area (Å²) < 4.78 is 9.71. The highest BCUT2D eigenvalue weighted by Crippen LogP contribution is 2.27. The van der Waals surface area contributed by atoms with Crippen molar-refractivity contribution in [1.82, 2.24) is 4.37 Å². The fourth-order valence-electron chi connectivity index (χ4n) is 1.67. The van der Waals surface area contributed by atoms with E-state index in [4.69, 9.17) is 9.84 Å². The Morgan fingerprint density at radius 3 is 2.90 bits per heavy atom. The molecule has 106 valence electrons. The molecule has 1 heterocycles. The van der Waals surface area contributed by atoms with Crippen molar-refractivity contribution < 1.29 is 14.6 Å². The highest BCUT2D eigenvalue weighted by atomic mass is 32.1. The van der Waals surface area contributed by atoms with Gasteiger partial charge in [-0.2, -0.15) is 0 Å². The number of aromatic carboxylic acids is 1. The minimum atomic E-state index is -0.957. The number of hydrogen-bond donors (Lipinski definition) is 2. The average Bonchev–Trinajstić information content (AvgIpc) is 2.89. The predicted molar refractivity (Wildman–Crippen MR) is 78.6 cm³/mol. The molecule has 2 aromatic rings. The van der Waals surface area contributed by atoms with Crippen LogP contribution in [0.5, 0.6) is 5.75 Å². The van der Waals surface area contributed by atoms with Crippen LogP contribution in [0.25, 0.3) is 0 Å². The number of nitrogens with zero attached hydrogens (tertiary/aromatic N) is 1. The van der Waals surface area contributed by atoms with Gasteiger partial charge in [-0.15, -0.1) is 0 Å². The summed E-state index contributed by atoms with van der Waals surface area (Å²) in [5.74, 6) is -0.311. The zero-order valence-electron chi connectivity index (χ0n) is 11.3. The van der Waals surface area contributed by atoms with Crippen molar-refractivity contribution in [1.29, 1.82) is 0 Å². The molecule has 0 saturated carbocycles. The minimum absolute atomic E-state index is 0.0223. The summed E-state index contributed by atoms with van der Waals surface area (Å²) in [7, 11) is 0. The molecule has 2 rings (SSSR count). The van der Waals surface area contributed by atoms with Crippen molar-refractivity contribution in [3.63, 3.8) is 0 Å². The quantitative estimate of drug-likeness (QED) is 0.855. The van der Waals surface area contributed by atoms with Crippen LogP contribution in [0, 0.1) is 0 Å². The molecular weight excluding hydrogens is 276 g/mol. The zero-order valence-corrected chi connectivity index (χ0v) is 12.1. The van der Waals surface area contributed by atoms with Gasteiger partial charge in [0.1, 0.15) is 5.75 Å². The van der Waals surface area contributed by atoms with Gasteiger partial charge in [0, 0.05) is 23.7 Å². The van der Waals surface area contributed by atoms with Crippen LogP contribution in [0.15, 0.2) is 29.8 Å². The molecule has 0 radical (unpaired) electrons. The molecule has 0 aliphatic rings. The zero-order chi connectivity index (χ0) is 14.5. The van der Waals surface area contributed by atoms with E-state index >= 15 is 0 Å². The molecule has 0 atom stereocenters. The number of ether oxygens (including phenoxy) is 1. The van der Waals surface area contributed by atoms with Crippen LogP contribution in [0.3, 0.4) is 0 Å². The molecule has 1 aromatic heterocycles. The SMILES string of the molecule is CC(C)Oc1ccc(C(=O)O)cc1NCc1cnsc1. The summed E-state index contributed by atoms with van der Waals surface area (Å²) in [6.07, 6.45) is 1.80. The molecule has 0 fully saturated rings. The summed E-state index contributed by atoms with van der Waals surface area (Å²) in [6, 6.07) is 4.80. The summed E-state index contributed by atoms with van der Waals surface area (Å²) >= 11 is 1.38. The first kappa shape index (κ1) is 14.3. The molecular formula is C14H16N2O3S. The van der Waals surface area contributed by atoms with E-state index in [9.17, 15) is 4.79 Å². The van der Waals surface area contributed by atoms with Gasteiger partial charge in [0.25, 0.3) is 0 Å². The molecule has 0 aliphatic heterocycles. The van der Waals surface area contributed by atoms with E-state index in [2.05, 4.69) is 9.69 Å². The van der Waals surface area contributed by atoms with Gasteiger partial charge in [-0.1, -0.05) is 0 Å². The maximum absolute atomic E-state index is 11.0. The number of nitrogens with one attached hydrogen (secondary N) is 1. The summed E-state index contributed by atoms with van der Waals surface area (Å²) in [4.78, 5) is 11.0. The first-order chi connectivity index (χ1) is 9.56. The highest BCUT2D eigenvalue weighted by Gasteiger charge is 2.10. The second-order valence-electron chi connectivity index (χ2n) is 4.57. The maximum Gasteiger partial charge on any atom is 0.335 e. The van der Waals surface area contributed by atoms with Crippen molar-refractivity contribution in [3.8, 4) is 5.75 Å². The van der Waals surface area contributed by atoms with Crippen LogP contribution < -0.4 is 10.1 Å².